The number of halogens is 1. The lowest BCUT2D eigenvalue weighted by Crippen LogP contribution is -2.37. The standard InChI is InChI=1S/C20H24BrNO5/c1-20(2,3)27-19(24)22-9-4-5-13(8-10-22)11-25-17-15-12-26-18(23)14(15)6-7-16(17)21/h6-8H,4-5,9-12H2,1-3H3. The third-order valence-corrected chi connectivity index (χ3v) is 4.98. The second-order valence-corrected chi connectivity index (χ2v) is 8.51. The molecule has 0 fully saturated rings. The molecule has 2 heterocycles. The van der Waals surface area contributed by atoms with E-state index in [1.54, 1.807) is 17.0 Å². The van der Waals surface area contributed by atoms with Gasteiger partial charge in [0.25, 0.3) is 0 Å². The Morgan fingerprint density at radius 1 is 1.33 bits per heavy atom. The zero-order chi connectivity index (χ0) is 19.6. The SMILES string of the molecule is CC(C)(C)OC(=O)N1CC=C(COc2c(Br)ccc3c2COC3=O)CCC1. The maximum atomic E-state index is 12.2. The van der Waals surface area contributed by atoms with Crippen LogP contribution in [0.1, 0.15) is 49.5 Å². The van der Waals surface area contributed by atoms with Crippen molar-refractivity contribution in [2.24, 2.45) is 0 Å². The van der Waals surface area contributed by atoms with Crippen molar-refractivity contribution in [1.82, 2.24) is 4.90 Å². The van der Waals surface area contributed by atoms with E-state index in [0.717, 1.165) is 28.5 Å². The van der Waals surface area contributed by atoms with Gasteiger partial charge in [-0.3, -0.25) is 0 Å². The van der Waals surface area contributed by atoms with E-state index < -0.39 is 5.60 Å². The van der Waals surface area contributed by atoms with Gasteiger partial charge < -0.3 is 19.1 Å². The first-order valence-electron chi connectivity index (χ1n) is 9.02. The Kier molecular flexibility index (Phi) is 5.79. The molecule has 1 amide bonds. The maximum Gasteiger partial charge on any atom is 0.410 e. The largest absolute Gasteiger partial charge is 0.488 e. The number of nitrogens with zero attached hydrogens (tertiary/aromatic N) is 1. The summed E-state index contributed by atoms with van der Waals surface area (Å²) in [5.74, 6) is 0.330. The maximum absolute atomic E-state index is 12.2. The van der Waals surface area contributed by atoms with Crippen LogP contribution in [0.15, 0.2) is 28.3 Å². The van der Waals surface area contributed by atoms with Crippen molar-refractivity contribution in [3.05, 3.63) is 39.4 Å². The molecule has 0 atom stereocenters. The molecule has 2 aliphatic rings. The van der Waals surface area contributed by atoms with Crippen molar-refractivity contribution < 1.29 is 23.8 Å². The number of carbonyl (C=O) groups is 2. The minimum Gasteiger partial charge on any atom is -0.488 e. The van der Waals surface area contributed by atoms with Gasteiger partial charge in [-0.25, -0.2) is 9.59 Å². The second-order valence-electron chi connectivity index (χ2n) is 7.66. The number of cyclic esters (lactones) is 1. The molecular weight excluding hydrogens is 414 g/mol. The van der Waals surface area contributed by atoms with Crippen LogP contribution in [0.5, 0.6) is 5.75 Å². The highest BCUT2D eigenvalue weighted by molar-refractivity contribution is 9.10. The smallest absolute Gasteiger partial charge is 0.410 e. The highest BCUT2D eigenvalue weighted by Gasteiger charge is 2.27. The number of esters is 1. The van der Waals surface area contributed by atoms with E-state index in [4.69, 9.17) is 14.2 Å². The molecule has 0 saturated heterocycles. The van der Waals surface area contributed by atoms with Crippen molar-refractivity contribution in [3.8, 4) is 5.75 Å². The Bertz CT molecular complexity index is 781. The van der Waals surface area contributed by atoms with Crippen LogP contribution in [0, 0.1) is 0 Å². The molecule has 0 saturated carbocycles. The molecule has 0 N–H and O–H groups in total. The predicted octanol–water partition coefficient (Wildman–Crippen LogP) is 4.46. The Balaban J connectivity index is 1.64. The third-order valence-electron chi connectivity index (χ3n) is 4.36. The molecule has 0 aliphatic carbocycles. The fraction of sp³-hybridized carbons (Fsp3) is 0.500. The predicted molar refractivity (Wildman–Crippen MR) is 104 cm³/mol. The molecule has 146 valence electrons. The first-order valence-corrected chi connectivity index (χ1v) is 9.81. The minimum absolute atomic E-state index is 0.231. The van der Waals surface area contributed by atoms with Gasteiger partial charge in [0.2, 0.25) is 0 Å². The number of hydrogen-bond acceptors (Lipinski definition) is 5. The van der Waals surface area contributed by atoms with Crippen molar-refractivity contribution >= 4 is 28.0 Å². The number of benzene rings is 1. The van der Waals surface area contributed by atoms with Crippen LogP contribution in [0.3, 0.4) is 0 Å². The third kappa shape index (κ3) is 4.83. The first-order chi connectivity index (χ1) is 12.7. The summed E-state index contributed by atoms with van der Waals surface area (Å²) in [4.78, 5) is 25.7. The summed E-state index contributed by atoms with van der Waals surface area (Å²) in [7, 11) is 0. The van der Waals surface area contributed by atoms with E-state index in [0.29, 0.717) is 31.0 Å². The van der Waals surface area contributed by atoms with E-state index in [-0.39, 0.29) is 18.7 Å². The van der Waals surface area contributed by atoms with E-state index in [1.165, 1.54) is 0 Å². The van der Waals surface area contributed by atoms with Crippen molar-refractivity contribution in [1.29, 1.82) is 0 Å². The number of amides is 1. The normalized spacial score (nSPS) is 17.0. The summed E-state index contributed by atoms with van der Waals surface area (Å²) in [5, 5.41) is 0. The number of hydrogen-bond donors (Lipinski definition) is 0. The molecule has 0 unspecified atom stereocenters. The summed E-state index contributed by atoms with van der Waals surface area (Å²) < 4.78 is 17.4. The molecule has 0 bridgehead atoms. The van der Waals surface area contributed by atoms with Crippen LogP contribution in [0.25, 0.3) is 0 Å². The molecule has 27 heavy (non-hydrogen) atoms. The van der Waals surface area contributed by atoms with Gasteiger partial charge in [0.05, 0.1) is 10.0 Å². The van der Waals surface area contributed by atoms with Gasteiger partial charge in [-0.05, 0) is 67.2 Å². The average Bonchev–Trinajstić information content (AvgIpc) is 2.80. The van der Waals surface area contributed by atoms with E-state index in [1.807, 2.05) is 26.8 Å². The minimum atomic E-state index is -0.501. The van der Waals surface area contributed by atoms with Gasteiger partial charge >= 0.3 is 12.1 Å². The molecule has 0 spiro atoms. The Morgan fingerprint density at radius 2 is 2.11 bits per heavy atom. The van der Waals surface area contributed by atoms with Crippen LogP contribution in [0.2, 0.25) is 0 Å². The van der Waals surface area contributed by atoms with E-state index >= 15 is 0 Å². The lowest BCUT2D eigenvalue weighted by molar-refractivity contribution is 0.0273. The zero-order valence-electron chi connectivity index (χ0n) is 15.8. The Labute approximate surface area is 167 Å². The highest BCUT2D eigenvalue weighted by atomic mass is 79.9. The number of rotatable bonds is 3. The molecular formula is C20H24BrNO5. The Morgan fingerprint density at radius 3 is 2.85 bits per heavy atom. The second kappa shape index (κ2) is 7.92. The molecule has 0 aromatic heterocycles. The van der Waals surface area contributed by atoms with Crippen LogP contribution >= 0.6 is 15.9 Å². The molecule has 7 heteroatoms. The summed E-state index contributed by atoms with van der Waals surface area (Å²) >= 11 is 3.49. The molecule has 1 aromatic carbocycles. The molecule has 6 nitrogen and oxygen atoms in total. The number of ether oxygens (including phenoxy) is 3. The van der Waals surface area contributed by atoms with Crippen LogP contribution < -0.4 is 4.74 Å². The van der Waals surface area contributed by atoms with Crippen LogP contribution in [0.4, 0.5) is 4.79 Å². The summed E-state index contributed by atoms with van der Waals surface area (Å²) in [5.41, 5.74) is 1.95. The van der Waals surface area contributed by atoms with E-state index in [2.05, 4.69) is 15.9 Å². The first kappa shape index (κ1) is 19.7. The van der Waals surface area contributed by atoms with Crippen LogP contribution in [-0.4, -0.2) is 42.3 Å². The van der Waals surface area contributed by atoms with Gasteiger partial charge in [0.1, 0.15) is 24.6 Å². The molecule has 1 aromatic rings. The van der Waals surface area contributed by atoms with Crippen molar-refractivity contribution in [3.63, 3.8) is 0 Å². The highest BCUT2D eigenvalue weighted by Crippen LogP contribution is 2.36. The monoisotopic (exact) mass is 437 g/mol. The van der Waals surface area contributed by atoms with Crippen molar-refractivity contribution in [2.75, 3.05) is 19.7 Å². The van der Waals surface area contributed by atoms with Gasteiger partial charge in [0.15, 0.2) is 0 Å². The van der Waals surface area contributed by atoms with Gasteiger partial charge in [-0.15, -0.1) is 0 Å². The van der Waals surface area contributed by atoms with Gasteiger partial charge in [0, 0.05) is 18.7 Å². The fourth-order valence-corrected chi connectivity index (χ4v) is 3.51. The number of carbonyl (C=O) groups excluding carboxylic acids is 2. The molecule has 3 rings (SSSR count). The van der Waals surface area contributed by atoms with Crippen LogP contribution in [-0.2, 0) is 16.1 Å². The number of fused-ring (bicyclic) bond motifs is 1. The lowest BCUT2D eigenvalue weighted by Gasteiger charge is -2.25. The summed E-state index contributed by atoms with van der Waals surface area (Å²) in [6.45, 7) is 7.39. The molecule has 0 radical (unpaired) electrons. The van der Waals surface area contributed by atoms with Gasteiger partial charge in [-0.2, -0.15) is 0 Å². The zero-order valence-corrected chi connectivity index (χ0v) is 17.4. The summed E-state index contributed by atoms with van der Waals surface area (Å²) in [6.07, 6.45) is 3.43. The molecule has 2 aliphatic heterocycles. The van der Waals surface area contributed by atoms with Gasteiger partial charge in [-0.1, -0.05) is 6.08 Å². The topological polar surface area (TPSA) is 65.1 Å². The Hall–Kier alpha value is -2.02. The lowest BCUT2D eigenvalue weighted by atomic mass is 10.1. The quantitative estimate of drug-likeness (QED) is 0.515. The van der Waals surface area contributed by atoms with E-state index in [9.17, 15) is 9.59 Å². The van der Waals surface area contributed by atoms with Crippen molar-refractivity contribution in [2.45, 2.75) is 45.8 Å². The summed E-state index contributed by atoms with van der Waals surface area (Å²) in [6, 6.07) is 3.54. The fourth-order valence-electron chi connectivity index (χ4n) is 3.02. The average molecular weight is 438 g/mol.